The quantitative estimate of drug-likeness (QED) is 0.809. The molecule has 0 fully saturated rings. The van der Waals surface area contributed by atoms with E-state index in [0.29, 0.717) is 12.1 Å². The van der Waals surface area contributed by atoms with E-state index in [-0.39, 0.29) is 11.7 Å². The Labute approximate surface area is 140 Å². The van der Waals surface area contributed by atoms with E-state index in [1.165, 1.54) is 12.1 Å². The summed E-state index contributed by atoms with van der Waals surface area (Å²) in [5.74, 6) is -0.00443. The number of hydrogen-bond donors (Lipinski definition) is 0. The number of benzene rings is 2. The second kappa shape index (κ2) is 7.77. The van der Waals surface area contributed by atoms with E-state index >= 15 is 0 Å². The number of halogens is 2. The van der Waals surface area contributed by atoms with Crippen LogP contribution >= 0.6 is 0 Å². The molecule has 0 atom stereocenters. The van der Waals surface area contributed by atoms with Crippen LogP contribution in [0.5, 0.6) is 5.75 Å². The molecule has 6 heteroatoms. The van der Waals surface area contributed by atoms with Crippen molar-refractivity contribution < 1.29 is 18.3 Å². The molecule has 0 saturated carbocycles. The van der Waals surface area contributed by atoms with Gasteiger partial charge >= 0.3 is 6.61 Å². The summed E-state index contributed by atoms with van der Waals surface area (Å²) in [6, 6.07) is 13.6. The number of rotatable bonds is 6. The summed E-state index contributed by atoms with van der Waals surface area (Å²) in [4.78, 5) is 16.0. The Kier molecular flexibility index (Phi) is 5.73. The van der Waals surface area contributed by atoms with Gasteiger partial charge in [0.25, 0.3) is 5.91 Å². The van der Waals surface area contributed by atoms with Crippen LogP contribution in [0.3, 0.4) is 0 Å². The maximum atomic E-state index is 12.4. The molecule has 4 nitrogen and oxygen atoms in total. The predicted molar refractivity (Wildman–Crippen MR) is 89.6 cm³/mol. The topological polar surface area (TPSA) is 32.8 Å². The summed E-state index contributed by atoms with van der Waals surface area (Å²) in [6.45, 7) is -2.46. The molecule has 2 aromatic rings. The highest BCUT2D eigenvalue weighted by Crippen LogP contribution is 2.17. The minimum atomic E-state index is -2.84. The van der Waals surface area contributed by atoms with E-state index in [9.17, 15) is 13.6 Å². The molecular weight excluding hydrogens is 314 g/mol. The zero-order valence-electron chi connectivity index (χ0n) is 13.9. The van der Waals surface area contributed by atoms with Crippen molar-refractivity contribution in [2.24, 2.45) is 0 Å². The van der Waals surface area contributed by atoms with Gasteiger partial charge in [-0.15, -0.1) is 0 Å². The van der Waals surface area contributed by atoms with E-state index < -0.39 is 6.61 Å². The molecule has 0 saturated heterocycles. The monoisotopic (exact) mass is 334 g/mol. The maximum absolute atomic E-state index is 12.4. The van der Waals surface area contributed by atoms with E-state index in [4.69, 9.17) is 0 Å². The molecule has 2 rings (SSSR count). The van der Waals surface area contributed by atoms with Gasteiger partial charge in [0.2, 0.25) is 0 Å². The molecule has 0 N–H and O–H groups in total. The van der Waals surface area contributed by atoms with Gasteiger partial charge in [-0.2, -0.15) is 8.78 Å². The first-order valence-corrected chi connectivity index (χ1v) is 7.43. The van der Waals surface area contributed by atoms with Gasteiger partial charge < -0.3 is 14.5 Å². The molecule has 0 aromatic heterocycles. The Hall–Kier alpha value is -2.63. The van der Waals surface area contributed by atoms with Gasteiger partial charge in [0.15, 0.2) is 0 Å². The van der Waals surface area contributed by atoms with Crippen LogP contribution in [0, 0.1) is 0 Å². The second-order valence-corrected chi connectivity index (χ2v) is 5.62. The molecule has 2 aromatic carbocycles. The summed E-state index contributed by atoms with van der Waals surface area (Å²) in [7, 11) is 5.57. The van der Waals surface area contributed by atoms with Crippen LogP contribution in [0.4, 0.5) is 14.5 Å². The van der Waals surface area contributed by atoms with Crippen molar-refractivity contribution in [3.63, 3.8) is 0 Å². The molecule has 0 spiro atoms. The van der Waals surface area contributed by atoms with Crippen molar-refractivity contribution in [3.05, 3.63) is 59.7 Å². The van der Waals surface area contributed by atoms with Crippen LogP contribution in [0.25, 0.3) is 0 Å². The number of carbonyl (C=O) groups excluding carboxylic acids is 1. The Morgan fingerprint density at radius 1 is 1.00 bits per heavy atom. The molecule has 0 aliphatic heterocycles. The van der Waals surface area contributed by atoms with Crippen LogP contribution in [0.2, 0.25) is 0 Å². The number of nitrogens with zero attached hydrogens (tertiary/aromatic N) is 2. The number of hydrogen-bond acceptors (Lipinski definition) is 3. The van der Waals surface area contributed by atoms with E-state index in [1.54, 1.807) is 36.2 Å². The molecule has 0 aliphatic carbocycles. The average Bonchev–Trinajstić information content (AvgIpc) is 2.55. The third-order valence-corrected chi connectivity index (χ3v) is 3.55. The Morgan fingerprint density at radius 3 is 2.08 bits per heavy atom. The Bertz CT molecular complexity index is 670. The van der Waals surface area contributed by atoms with E-state index in [2.05, 4.69) is 4.74 Å². The standard InChI is InChI=1S/C18H20F2N2O2/c1-21(2)15-8-6-14(7-9-15)17(23)22(3)12-13-4-10-16(11-5-13)24-18(19)20/h4-11,18H,12H2,1-3H3. The first-order valence-electron chi connectivity index (χ1n) is 7.43. The normalized spacial score (nSPS) is 10.6. The number of anilines is 1. The number of ether oxygens (including phenoxy) is 1. The maximum Gasteiger partial charge on any atom is 0.387 e. The van der Waals surface area contributed by atoms with Gasteiger partial charge in [0, 0.05) is 38.9 Å². The molecule has 0 aliphatic rings. The summed E-state index contributed by atoms with van der Waals surface area (Å²) >= 11 is 0. The lowest BCUT2D eigenvalue weighted by Gasteiger charge is -2.18. The van der Waals surface area contributed by atoms with Crippen LogP contribution < -0.4 is 9.64 Å². The highest BCUT2D eigenvalue weighted by molar-refractivity contribution is 5.94. The molecule has 24 heavy (non-hydrogen) atoms. The molecule has 0 unspecified atom stereocenters. The average molecular weight is 334 g/mol. The third-order valence-electron chi connectivity index (χ3n) is 3.55. The fraction of sp³-hybridized carbons (Fsp3) is 0.278. The number of carbonyl (C=O) groups is 1. The van der Waals surface area contributed by atoms with Gasteiger partial charge in [-0.1, -0.05) is 12.1 Å². The van der Waals surface area contributed by atoms with Gasteiger partial charge in [0.1, 0.15) is 5.75 Å². The Balaban J connectivity index is 2.00. The Morgan fingerprint density at radius 2 is 1.58 bits per heavy atom. The van der Waals surface area contributed by atoms with Crippen LogP contribution in [-0.2, 0) is 6.54 Å². The molecule has 1 amide bonds. The lowest BCUT2D eigenvalue weighted by Crippen LogP contribution is -2.26. The predicted octanol–water partition coefficient (Wildman–Crippen LogP) is 3.63. The summed E-state index contributed by atoms with van der Waals surface area (Å²) in [6.07, 6.45) is 0. The largest absolute Gasteiger partial charge is 0.435 e. The molecule has 128 valence electrons. The number of amides is 1. The highest BCUT2D eigenvalue weighted by Gasteiger charge is 2.12. The zero-order valence-corrected chi connectivity index (χ0v) is 13.9. The zero-order chi connectivity index (χ0) is 17.7. The van der Waals surface area contributed by atoms with Crippen LogP contribution in [0.15, 0.2) is 48.5 Å². The third kappa shape index (κ3) is 4.68. The molecule has 0 heterocycles. The van der Waals surface area contributed by atoms with E-state index in [1.807, 2.05) is 31.1 Å². The van der Waals surface area contributed by atoms with Crippen molar-refractivity contribution in [3.8, 4) is 5.75 Å². The summed E-state index contributed by atoms with van der Waals surface area (Å²) < 4.78 is 28.6. The highest BCUT2D eigenvalue weighted by atomic mass is 19.3. The minimum Gasteiger partial charge on any atom is -0.435 e. The first-order chi connectivity index (χ1) is 11.4. The number of alkyl halides is 2. The van der Waals surface area contributed by atoms with Gasteiger partial charge in [-0.25, -0.2) is 0 Å². The summed E-state index contributed by atoms with van der Waals surface area (Å²) in [5, 5.41) is 0. The molecular formula is C18H20F2N2O2. The van der Waals surface area contributed by atoms with Crippen molar-refractivity contribution in [1.29, 1.82) is 0 Å². The molecule has 0 radical (unpaired) electrons. The van der Waals surface area contributed by atoms with Crippen LogP contribution in [-0.4, -0.2) is 38.6 Å². The van der Waals surface area contributed by atoms with Crippen LogP contribution in [0.1, 0.15) is 15.9 Å². The van der Waals surface area contributed by atoms with E-state index in [0.717, 1.165) is 11.3 Å². The second-order valence-electron chi connectivity index (χ2n) is 5.62. The smallest absolute Gasteiger partial charge is 0.387 e. The first kappa shape index (κ1) is 17.7. The summed E-state index contributed by atoms with van der Waals surface area (Å²) in [5.41, 5.74) is 2.45. The van der Waals surface area contributed by atoms with Crippen molar-refractivity contribution in [2.75, 3.05) is 26.0 Å². The van der Waals surface area contributed by atoms with Gasteiger partial charge in [-0.05, 0) is 42.0 Å². The van der Waals surface area contributed by atoms with Gasteiger partial charge in [-0.3, -0.25) is 4.79 Å². The SMILES string of the molecule is CN(Cc1ccc(OC(F)F)cc1)C(=O)c1ccc(N(C)C)cc1. The fourth-order valence-corrected chi connectivity index (χ4v) is 2.24. The van der Waals surface area contributed by atoms with Crippen molar-refractivity contribution in [1.82, 2.24) is 4.90 Å². The van der Waals surface area contributed by atoms with Gasteiger partial charge in [0.05, 0.1) is 0 Å². The lowest BCUT2D eigenvalue weighted by molar-refractivity contribution is -0.0498. The fourth-order valence-electron chi connectivity index (χ4n) is 2.24. The lowest BCUT2D eigenvalue weighted by atomic mass is 10.1. The minimum absolute atomic E-state index is 0.0991. The van der Waals surface area contributed by atoms with Crippen molar-refractivity contribution >= 4 is 11.6 Å². The van der Waals surface area contributed by atoms with Crippen molar-refractivity contribution in [2.45, 2.75) is 13.2 Å². The molecule has 0 bridgehead atoms.